The lowest BCUT2D eigenvalue weighted by Gasteiger charge is -2.19. The Kier molecular flexibility index (Phi) is 32.9. The Balaban J connectivity index is 0.000000128. The number of benzene rings is 8. The van der Waals surface area contributed by atoms with Crippen molar-refractivity contribution in [2.75, 3.05) is 26.4 Å². The molecule has 16 N–H and O–H groups in total. The fraction of sp³-hybridized carbons (Fsp3) is 0.217. The third kappa shape index (κ3) is 20.5. The van der Waals surface area contributed by atoms with Gasteiger partial charge >= 0.3 is 56.9 Å². The molecule has 0 atom stereocenters. The second kappa shape index (κ2) is 44.0. The minimum Gasteiger partial charge on any atom is -0.493 e. The first-order valence-electron chi connectivity index (χ1n) is 42.8. The quantitative estimate of drug-likeness (QED) is 0.0972. The first-order valence-corrected chi connectivity index (χ1v) is 42.8. The zero-order chi connectivity index (χ0) is 89.0. The summed E-state index contributed by atoms with van der Waals surface area (Å²) in [6.07, 6.45) is 29.8. The number of aryl methyl sites for hydroxylation is 10. The molecule has 40 heteroatoms. The van der Waals surface area contributed by atoms with E-state index in [4.69, 9.17) is 18.9 Å². The SMILES string of the molecule is Cl.Cl.Cl.Cl.OB(O)c1ccc2c3c(ccnc13)CC2.OB(O)c1ccc2c3c(ccnc13)CC2.OB(O)c1ccc2c3c(ccnc13)CCC2.OB(O)c1ccc2c3c(ccnc13)CCC2.OB(O)c1ccc2c3c(ccnc13)CCCO2.OB(O)c1ccc2c3c(ccnc13)CCCO2.OB(O)c1ccc2c3c(ccnc13)CCO2.OB(O)c1ccc2c3c(ccnc13)CCO2. The average molecular weight is 1860 g/mol. The molecule has 0 bridgehead atoms. The zero-order valence-electron chi connectivity index (χ0n) is 71.2. The Morgan fingerprint density at radius 3 is 0.545 bits per heavy atom. The monoisotopic (exact) mass is 1860 g/mol. The Labute approximate surface area is 785 Å². The second-order valence-electron chi connectivity index (χ2n) is 32.2. The summed E-state index contributed by atoms with van der Waals surface area (Å²) in [7, 11) is -11.8. The summed E-state index contributed by atoms with van der Waals surface area (Å²) in [5, 5.41) is 157. The van der Waals surface area contributed by atoms with Gasteiger partial charge in [-0.2, -0.15) is 0 Å². The molecule has 0 unspecified atom stereocenters. The van der Waals surface area contributed by atoms with Crippen LogP contribution in [-0.2, 0) is 77.0 Å². The third-order valence-corrected chi connectivity index (χ3v) is 24.6. The Morgan fingerprint density at radius 1 is 0.167 bits per heavy atom. The van der Waals surface area contributed by atoms with E-state index in [0.29, 0.717) is 92.2 Å². The average Bonchev–Trinajstić information content (AvgIpc) is 1.64. The van der Waals surface area contributed by atoms with Crippen LogP contribution in [0, 0.1) is 0 Å². The van der Waals surface area contributed by atoms with Crippen LogP contribution in [0.15, 0.2) is 195 Å². The lowest BCUT2D eigenvalue weighted by atomic mass is 9.76. The predicted molar refractivity (Wildman–Crippen MR) is 526 cm³/mol. The minimum atomic E-state index is -1.50. The molecule has 0 amide bonds. The van der Waals surface area contributed by atoms with Crippen molar-refractivity contribution in [1.82, 2.24) is 39.9 Å². The second-order valence-corrected chi connectivity index (χ2v) is 32.2. The summed E-state index contributed by atoms with van der Waals surface area (Å²) in [4.78, 5) is 34.0. The maximum Gasteiger partial charge on any atom is 0.490 e. The van der Waals surface area contributed by atoms with Crippen molar-refractivity contribution in [1.29, 1.82) is 0 Å². The fourth-order valence-corrected chi connectivity index (χ4v) is 18.6. The van der Waals surface area contributed by atoms with Crippen LogP contribution in [0.5, 0.6) is 23.0 Å². The van der Waals surface area contributed by atoms with Crippen LogP contribution in [0.4, 0.5) is 0 Å². The van der Waals surface area contributed by atoms with Crippen LogP contribution in [0.1, 0.15) is 92.4 Å². The lowest BCUT2D eigenvalue weighted by molar-refractivity contribution is 0.318. The molecule has 0 radical (unpaired) electrons. The maximum atomic E-state index is 9.34. The van der Waals surface area contributed by atoms with Crippen molar-refractivity contribution >= 4 is 238 Å². The van der Waals surface area contributed by atoms with Gasteiger partial charge in [0.1, 0.15) is 23.0 Å². The number of aromatic nitrogens is 8. The van der Waals surface area contributed by atoms with Gasteiger partial charge in [-0.15, -0.1) is 49.6 Å². The van der Waals surface area contributed by atoms with Crippen LogP contribution in [-0.4, -0.2) is 204 Å². The van der Waals surface area contributed by atoms with E-state index in [9.17, 15) is 80.4 Å². The molecule has 16 aromatic rings. The fourth-order valence-electron chi connectivity index (χ4n) is 18.6. The molecule has 132 heavy (non-hydrogen) atoms. The Morgan fingerprint density at radius 2 is 0.326 bits per heavy atom. The summed E-state index contributed by atoms with van der Waals surface area (Å²) in [5.74, 6) is 3.11. The van der Waals surface area contributed by atoms with Crippen LogP contribution in [0.25, 0.3) is 87.2 Å². The number of hydrogen-bond acceptors (Lipinski definition) is 28. The number of ether oxygens (including phenoxy) is 4. The van der Waals surface area contributed by atoms with Gasteiger partial charge in [0.05, 0.1) is 70.6 Å². The Hall–Kier alpha value is -10.7. The van der Waals surface area contributed by atoms with Crippen molar-refractivity contribution < 1.29 is 99.3 Å². The van der Waals surface area contributed by atoms with Crippen LogP contribution >= 0.6 is 49.6 Å². The lowest BCUT2D eigenvalue weighted by Crippen LogP contribution is -2.31. The van der Waals surface area contributed by atoms with Gasteiger partial charge in [-0.3, -0.25) is 39.9 Å². The van der Waals surface area contributed by atoms with Crippen molar-refractivity contribution in [3.63, 3.8) is 0 Å². The van der Waals surface area contributed by atoms with E-state index in [0.717, 1.165) is 213 Å². The normalized spacial score (nSPS) is 13.5. The molecule has 672 valence electrons. The molecule has 4 aliphatic heterocycles. The smallest absolute Gasteiger partial charge is 0.490 e. The van der Waals surface area contributed by atoms with Crippen molar-refractivity contribution in [2.45, 2.75) is 103 Å². The van der Waals surface area contributed by atoms with Gasteiger partial charge in [0.15, 0.2) is 0 Å². The highest BCUT2D eigenvalue weighted by Gasteiger charge is 2.30. The molecule has 0 fully saturated rings. The van der Waals surface area contributed by atoms with Crippen molar-refractivity contribution in [2.24, 2.45) is 0 Å². The standard InChI is InChI=1S/2C12H12BNO3.2C12H12BNO2.2C11H10BNO3.2C11H10BNO2.4ClH/c2*15-13(16)9-3-4-10-11-8(2-1-7-17-10)5-6-14-12(9)11;2*15-13(16)10-5-4-8-2-1-3-9-6-7-14-12(10)11(8)9;2*14-12(15)8-1-2-9-10-7(4-6-16-9)3-5-13-11(8)10;2*14-12(15)9-4-3-7-1-2-8-5-6-13-11(9)10(7)8;;;;/h2*3-6,15-16H,1-2,7H2;2*4-7,15-16H,1-3H2;2*1-3,5,14-15H,4,6H2;2*3-6,14-15H,1-2H2;4*1H. The van der Waals surface area contributed by atoms with Gasteiger partial charge in [-0.05, 0) is 229 Å². The van der Waals surface area contributed by atoms with Gasteiger partial charge in [-0.1, -0.05) is 72.8 Å². The first kappa shape index (κ1) is 98.8. The van der Waals surface area contributed by atoms with Crippen LogP contribution in [0.3, 0.4) is 0 Å². The molecular formula is C92H92B8Cl4N8O20. The van der Waals surface area contributed by atoms with Gasteiger partial charge in [-0.25, -0.2) is 0 Å². The highest BCUT2D eigenvalue weighted by atomic mass is 35.5. The largest absolute Gasteiger partial charge is 0.493 e. The number of pyridine rings is 8. The molecule has 0 spiro atoms. The van der Waals surface area contributed by atoms with Gasteiger partial charge in [0.25, 0.3) is 0 Å². The third-order valence-electron chi connectivity index (χ3n) is 24.6. The molecule has 0 saturated heterocycles. The van der Waals surface area contributed by atoms with Gasteiger partial charge in [0, 0.05) is 149 Å². The molecule has 28 nitrogen and oxygen atoms in total. The topological polar surface area (TPSA) is 464 Å². The molecule has 8 aliphatic rings. The summed E-state index contributed by atoms with van der Waals surface area (Å²) in [5.41, 5.74) is 23.9. The van der Waals surface area contributed by atoms with Crippen molar-refractivity contribution in [3.8, 4) is 23.0 Å². The van der Waals surface area contributed by atoms with E-state index in [2.05, 4.69) is 39.9 Å². The molecule has 12 heterocycles. The first-order chi connectivity index (χ1) is 62.2. The molecule has 8 aromatic carbocycles. The maximum absolute atomic E-state index is 9.34. The number of nitrogens with zero attached hydrogens (tertiary/aromatic N) is 8. The predicted octanol–water partition coefficient (Wildman–Crippen LogP) is 2.70. The number of rotatable bonds is 8. The Bertz CT molecular complexity index is 6200. The highest BCUT2D eigenvalue weighted by Crippen LogP contribution is 2.37. The minimum absolute atomic E-state index is 0. The van der Waals surface area contributed by atoms with Gasteiger partial charge < -0.3 is 99.3 Å². The van der Waals surface area contributed by atoms with Crippen LogP contribution in [0.2, 0.25) is 0 Å². The molecule has 24 rings (SSSR count). The van der Waals surface area contributed by atoms with E-state index in [1.54, 1.807) is 122 Å². The molecule has 8 aromatic heterocycles. The van der Waals surface area contributed by atoms with E-state index in [-0.39, 0.29) is 49.6 Å². The number of hydrogen-bond donors (Lipinski definition) is 16. The highest BCUT2D eigenvalue weighted by molar-refractivity contribution is 6.65. The molecule has 0 saturated carbocycles. The summed E-state index contributed by atoms with van der Waals surface area (Å²) in [6, 6.07) is 44.5. The van der Waals surface area contributed by atoms with E-state index < -0.39 is 56.9 Å². The van der Waals surface area contributed by atoms with E-state index >= 15 is 0 Å². The van der Waals surface area contributed by atoms with Gasteiger partial charge in [0.2, 0.25) is 0 Å². The van der Waals surface area contributed by atoms with E-state index in [1.165, 1.54) is 44.5 Å². The zero-order valence-corrected chi connectivity index (χ0v) is 74.5. The summed E-state index contributed by atoms with van der Waals surface area (Å²) >= 11 is 0. The summed E-state index contributed by atoms with van der Waals surface area (Å²) < 4.78 is 22.4. The van der Waals surface area contributed by atoms with E-state index in [1.807, 2.05) is 72.8 Å². The van der Waals surface area contributed by atoms with Crippen LogP contribution < -0.4 is 62.6 Å². The molecular weight excluding hydrogens is 1770 g/mol. The summed E-state index contributed by atoms with van der Waals surface area (Å²) in [6.45, 7) is 2.69. The number of halogens is 4. The van der Waals surface area contributed by atoms with Crippen molar-refractivity contribution in [3.05, 3.63) is 262 Å². The molecule has 4 aliphatic carbocycles.